The number of benzene rings is 1. The fraction of sp³-hybridized carbons (Fsp3) is 0.500. The highest BCUT2D eigenvalue weighted by Crippen LogP contribution is 2.18. The maximum Gasteiger partial charge on any atom is 0.00794 e. The van der Waals surface area contributed by atoms with Crippen LogP contribution in [0.4, 0.5) is 0 Å². The SMILES string of the molecule is Cc1cccc2c1CC(C)NCC2. The minimum absolute atomic E-state index is 0.627. The van der Waals surface area contributed by atoms with Crippen molar-refractivity contribution in [2.45, 2.75) is 32.7 Å². The molecular formula is C12H17N. The lowest BCUT2D eigenvalue weighted by Gasteiger charge is -2.11. The number of fused-ring (bicyclic) bond motifs is 1. The van der Waals surface area contributed by atoms with E-state index in [1.807, 2.05) is 0 Å². The van der Waals surface area contributed by atoms with Crippen LogP contribution in [0.25, 0.3) is 0 Å². The molecule has 1 aromatic rings. The summed E-state index contributed by atoms with van der Waals surface area (Å²) in [6, 6.07) is 7.28. The first-order chi connectivity index (χ1) is 6.27. The molecule has 1 aliphatic heterocycles. The largest absolute Gasteiger partial charge is 0.314 e. The van der Waals surface area contributed by atoms with Gasteiger partial charge in [0, 0.05) is 6.04 Å². The first-order valence-electron chi connectivity index (χ1n) is 5.08. The summed E-state index contributed by atoms with van der Waals surface area (Å²) < 4.78 is 0. The van der Waals surface area contributed by atoms with Crippen molar-refractivity contribution < 1.29 is 0 Å². The molecule has 1 N–H and O–H groups in total. The van der Waals surface area contributed by atoms with Crippen LogP contribution in [0.3, 0.4) is 0 Å². The smallest absolute Gasteiger partial charge is 0.00794 e. The van der Waals surface area contributed by atoms with E-state index >= 15 is 0 Å². The molecule has 0 aromatic heterocycles. The van der Waals surface area contributed by atoms with Crippen molar-refractivity contribution >= 4 is 0 Å². The van der Waals surface area contributed by atoms with Crippen molar-refractivity contribution in [3.05, 3.63) is 34.9 Å². The maximum absolute atomic E-state index is 3.52. The molecule has 0 amide bonds. The highest BCUT2D eigenvalue weighted by atomic mass is 14.9. The van der Waals surface area contributed by atoms with Crippen molar-refractivity contribution in [3.8, 4) is 0 Å². The normalized spacial score (nSPS) is 22.2. The highest BCUT2D eigenvalue weighted by Gasteiger charge is 2.13. The van der Waals surface area contributed by atoms with E-state index in [0.717, 1.165) is 6.54 Å². The molecule has 0 aliphatic carbocycles. The van der Waals surface area contributed by atoms with Gasteiger partial charge in [-0.25, -0.2) is 0 Å². The summed E-state index contributed by atoms with van der Waals surface area (Å²) in [6.45, 7) is 5.61. The molecule has 0 fully saturated rings. The van der Waals surface area contributed by atoms with Gasteiger partial charge in [-0.2, -0.15) is 0 Å². The fourth-order valence-corrected chi connectivity index (χ4v) is 2.12. The van der Waals surface area contributed by atoms with E-state index in [-0.39, 0.29) is 0 Å². The van der Waals surface area contributed by atoms with Crippen molar-refractivity contribution in [1.29, 1.82) is 0 Å². The van der Waals surface area contributed by atoms with Crippen LogP contribution in [-0.4, -0.2) is 12.6 Å². The Morgan fingerprint density at radius 1 is 1.38 bits per heavy atom. The van der Waals surface area contributed by atoms with Gasteiger partial charge in [-0.05, 0) is 49.9 Å². The lowest BCUT2D eigenvalue weighted by atomic mass is 9.96. The van der Waals surface area contributed by atoms with Crippen molar-refractivity contribution in [3.63, 3.8) is 0 Å². The number of nitrogens with one attached hydrogen (secondary N) is 1. The second-order valence-electron chi connectivity index (χ2n) is 4.02. The Morgan fingerprint density at radius 3 is 3.08 bits per heavy atom. The zero-order chi connectivity index (χ0) is 9.26. The number of hydrogen-bond acceptors (Lipinski definition) is 1. The van der Waals surface area contributed by atoms with Crippen LogP contribution in [0.1, 0.15) is 23.6 Å². The highest BCUT2D eigenvalue weighted by molar-refractivity contribution is 5.36. The quantitative estimate of drug-likeness (QED) is 0.636. The molecule has 1 heteroatoms. The molecule has 1 unspecified atom stereocenters. The number of aryl methyl sites for hydroxylation is 1. The molecule has 0 saturated carbocycles. The summed E-state index contributed by atoms with van der Waals surface area (Å²) in [5.74, 6) is 0. The summed E-state index contributed by atoms with van der Waals surface area (Å²) in [7, 11) is 0. The molecule has 2 rings (SSSR count). The van der Waals surface area contributed by atoms with Crippen LogP contribution in [-0.2, 0) is 12.8 Å². The summed E-state index contributed by atoms with van der Waals surface area (Å²) in [5, 5.41) is 3.52. The third-order valence-corrected chi connectivity index (χ3v) is 2.90. The third kappa shape index (κ3) is 1.75. The first-order valence-corrected chi connectivity index (χ1v) is 5.08. The molecule has 0 bridgehead atoms. The lowest BCUT2D eigenvalue weighted by molar-refractivity contribution is 0.567. The Morgan fingerprint density at radius 2 is 2.23 bits per heavy atom. The van der Waals surface area contributed by atoms with Gasteiger partial charge in [0.25, 0.3) is 0 Å². The summed E-state index contributed by atoms with van der Waals surface area (Å²) in [6.07, 6.45) is 2.36. The van der Waals surface area contributed by atoms with Crippen LogP contribution in [0.15, 0.2) is 18.2 Å². The topological polar surface area (TPSA) is 12.0 Å². The fourth-order valence-electron chi connectivity index (χ4n) is 2.12. The average molecular weight is 175 g/mol. The van der Waals surface area contributed by atoms with E-state index < -0.39 is 0 Å². The van der Waals surface area contributed by atoms with E-state index in [0.29, 0.717) is 6.04 Å². The van der Waals surface area contributed by atoms with Gasteiger partial charge < -0.3 is 5.32 Å². The predicted octanol–water partition coefficient (Wildman–Crippen LogP) is 2.07. The summed E-state index contributed by atoms with van der Waals surface area (Å²) in [5.41, 5.74) is 4.56. The third-order valence-electron chi connectivity index (χ3n) is 2.90. The molecule has 1 atom stereocenters. The number of hydrogen-bond donors (Lipinski definition) is 1. The summed E-state index contributed by atoms with van der Waals surface area (Å²) >= 11 is 0. The second kappa shape index (κ2) is 3.51. The molecule has 0 radical (unpaired) electrons. The number of rotatable bonds is 0. The van der Waals surface area contributed by atoms with E-state index in [1.54, 1.807) is 5.56 Å². The molecule has 70 valence electrons. The standard InChI is InChI=1S/C12H17N/c1-9-4-3-5-11-6-7-13-10(2)8-12(9)11/h3-5,10,13H,6-8H2,1-2H3. The molecule has 13 heavy (non-hydrogen) atoms. The van der Waals surface area contributed by atoms with E-state index in [1.165, 1.54) is 24.0 Å². The van der Waals surface area contributed by atoms with Gasteiger partial charge >= 0.3 is 0 Å². The van der Waals surface area contributed by atoms with Crippen LogP contribution in [0, 0.1) is 6.92 Å². The predicted molar refractivity (Wildman–Crippen MR) is 56.1 cm³/mol. The Kier molecular flexibility index (Phi) is 2.36. The first kappa shape index (κ1) is 8.76. The van der Waals surface area contributed by atoms with E-state index in [2.05, 4.69) is 37.4 Å². The molecule has 0 spiro atoms. The molecule has 1 aromatic carbocycles. The Labute approximate surface area is 80.2 Å². The molecule has 1 aliphatic rings. The Bertz CT molecular complexity index is 304. The van der Waals surface area contributed by atoms with Crippen LogP contribution < -0.4 is 5.32 Å². The zero-order valence-electron chi connectivity index (χ0n) is 8.43. The lowest BCUT2D eigenvalue weighted by Crippen LogP contribution is -2.27. The van der Waals surface area contributed by atoms with Crippen molar-refractivity contribution in [1.82, 2.24) is 5.32 Å². The molecule has 0 saturated heterocycles. The van der Waals surface area contributed by atoms with Gasteiger partial charge in [-0.3, -0.25) is 0 Å². The van der Waals surface area contributed by atoms with Crippen molar-refractivity contribution in [2.75, 3.05) is 6.54 Å². The molecule has 1 nitrogen and oxygen atoms in total. The van der Waals surface area contributed by atoms with E-state index in [9.17, 15) is 0 Å². The minimum atomic E-state index is 0.627. The van der Waals surface area contributed by atoms with Gasteiger partial charge in [0.1, 0.15) is 0 Å². The average Bonchev–Trinajstić information content (AvgIpc) is 2.28. The monoisotopic (exact) mass is 175 g/mol. The Balaban J connectivity index is 2.40. The Hall–Kier alpha value is -0.820. The van der Waals surface area contributed by atoms with Gasteiger partial charge in [0.15, 0.2) is 0 Å². The minimum Gasteiger partial charge on any atom is -0.314 e. The van der Waals surface area contributed by atoms with E-state index in [4.69, 9.17) is 0 Å². The van der Waals surface area contributed by atoms with Crippen molar-refractivity contribution in [2.24, 2.45) is 0 Å². The molecule has 1 heterocycles. The van der Waals surface area contributed by atoms with Crippen LogP contribution in [0.5, 0.6) is 0 Å². The van der Waals surface area contributed by atoms with Crippen LogP contribution in [0.2, 0.25) is 0 Å². The molecular weight excluding hydrogens is 158 g/mol. The van der Waals surface area contributed by atoms with Crippen LogP contribution >= 0.6 is 0 Å². The van der Waals surface area contributed by atoms with Gasteiger partial charge in [0.05, 0.1) is 0 Å². The second-order valence-corrected chi connectivity index (χ2v) is 4.02. The van der Waals surface area contributed by atoms with Gasteiger partial charge in [-0.15, -0.1) is 0 Å². The van der Waals surface area contributed by atoms with Gasteiger partial charge in [0.2, 0.25) is 0 Å². The zero-order valence-corrected chi connectivity index (χ0v) is 8.43. The summed E-state index contributed by atoms with van der Waals surface area (Å²) in [4.78, 5) is 0. The maximum atomic E-state index is 3.52. The van der Waals surface area contributed by atoms with Gasteiger partial charge in [-0.1, -0.05) is 18.2 Å².